The lowest BCUT2D eigenvalue weighted by molar-refractivity contribution is 0.0705. The zero-order chi connectivity index (χ0) is 12.1. The van der Waals surface area contributed by atoms with Gasteiger partial charge in [-0.25, -0.2) is 0 Å². The summed E-state index contributed by atoms with van der Waals surface area (Å²) >= 11 is 0. The zero-order valence-electron chi connectivity index (χ0n) is 10.2. The molecule has 0 aromatic carbocycles. The van der Waals surface area contributed by atoms with Crippen LogP contribution in [0.2, 0.25) is 0 Å². The van der Waals surface area contributed by atoms with E-state index in [1.165, 1.54) is 0 Å². The molecule has 1 aromatic heterocycles. The van der Waals surface area contributed by atoms with Gasteiger partial charge >= 0.3 is 0 Å². The van der Waals surface area contributed by atoms with E-state index in [1.54, 1.807) is 18.0 Å². The molecule has 0 radical (unpaired) electrons. The van der Waals surface area contributed by atoms with Crippen molar-refractivity contribution in [3.05, 3.63) is 23.7 Å². The highest BCUT2D eigenvalue weighted by atomic mass is 16.4. The average molecular weight is 224 g/mol. The molecule has 2 N–H and O–H groups in total. The lowest BCUT2D eigenvalue weighted by atomic mass is 10.2. The van der Waals surface area contributed by atoms with Crippen molar-refractivity contribution in [3.63, 3.8) is 0 Å². The van der Waals surface area contributed by atoms with Crippen molar-refractivity contribution in [1.82, 2.24) is 4.90 Å². The fraction of sp³-hybridized carbons (Fsp3) is 0.583. The maximum atomic E-state index is 12.0. The summed E-state index contributed by atoms with van der Waals surface area (Å²) < 4.78 is 5.42. The Morgan fingerprint density at radius 1 is 1.56 bits per heavy atom. The summed E-state index contributed by atoms with van der Waals surface area (Å²) in [6.07, 6.45) is 1.60. The lowest BCUT2D eigenvalue weighted by Crippen LogP contribution is -2.36. The van der Waals surface area contributed by atoms with Crippen LogP contribution in [0.25, 0.3) is 0 Å². The van der Waals surface area contributed by atoms with Gasteiger partial charge in [0.05, 0.1) is 0 Å². The van der Waals surface area contributed by atoms with Crippen LogP contribution in [0.3, 0.4) is 0 Å². The van der Waals surface area contributed by atoms with Gasteiger partial charge in [0.1, 0.15) is 5.76 Å². The maximum Gasteiger partial charge on any atom is 0.289 e. The Labute approximate surface area is 96.4 Å². The monoisotopic (exact) mass is 224 g/mol. The molecule has 0 saturated heterocycles. The van der Waals surface area contributed by atoms with Crippen LogP contribution in [0.5, 0.6) is 0 Å². The Balaban J connectivity index is 2.69. The molecule has 1 unspecified atom stereocenters. The molecule has 1 rings (SSSR count). The summed E-state index contributed by atoms with van der Waals surface area (Å²) in [7, 11) is 1.77. The molecule has 0 aliphatic carbocycles. The molecule has 1 amide bonds. The Morgan fingerprint density at radius 2 is 2.25 bits per heavy atom. The largest absolute Gasteiger partial charge is 0.456 e. The van der Waals surface area contributed by atoms with Gasteiger partial charge in [-0.3, -0.25) is 4.79 Å². The number of nitrogens with zero attached hydrogens (tertiary/aromatic N) is 1. The van der Waals surface area contributed by atoms with Crippen LogP contribution in [-0.2, 0) is 6.42 Å². The molecule has 1 heterocycles. The second-order valence-electron chi connectivity index (χ2n) is 3.96. The zero-order valence-corrected chi connectivity index (χ0v) is 10.2. The summed E-state index contributed by atoms with van der Waals surface area (Å²) in [5.41, 5.74) is 5.47. The van der Waals surface area contributed by atoms with Crippen LogP contribution in [0.4, 0.5) is 0 Å². The molecule has 4 nitrogen and oxygen atoms in total. The van der Waals surface area contributed by atoms with Crippen LogP contribution in [0.1, 0.15) is 36.6 Å². The topological polar surface area (TPSA) is 59.5 Å². The minimum Gasteiger partial charge on any atom is -0.456 e. The molecule has 4 heteroatoms. The van der Waals surface area contributed by atoms with Gasteiger partial charge in [-0.05, 0) is 32.0 Å². The highest BCUT2D eigenvalue weighted by Gasteiger charge is 2.19. The molecule has 0 bridgehead atoms. The minimum atomic E-state index is -0.0827. The Hall–Kier alpha value is -1.29. The Morgan fingerprint density at radius 3 is 2.75 bits per heavy atom. The van der Waals surface area contributed by atoms with Gasteiger partial charge in [0.25, 0.3) is 5.91 Å². The van der Waals surface area contributed by atoms with Crippen molar-refractivity contribution in [1.29, 1.82) is 0 Å². The highest BCUT2D eigenvalue weighted by Crippen LogP contribution is 2.12. The Kier molecular flexibility index (Phi) is 4.55. The van der Waals surface area contributed by atoms with Crippen LogP contribution in [0, 0.1) is 0 Å². The van der Waals surface area contributed by atoms with E-state index in [1.807, 2.05) is 19.9 Å². The number of amides is 1. The number of carbonyl (C=O) groups excluding carboxylic acids is 1. The molecule has 0 aliphatic heterocycles. The summed E-state index contributed by atoms with van der Waals surface area (Å²) in [4.78, 5) is 13.7. The molecule has 0 fully saturated rings. The van der Waals surface area contributed by atoms with E-state index in [4.69, 9.17) is 10.2 Å². The summed E-state index contributed by atoms with van der Waals surface area (Å²) in [6.45, 7) is 4.55. The van der Waals surface area contributed by atoms with Crippen molar-refractivity contribution in [3.8, 4) is 0 Å². The molecular formula is C12H20N2O2. The number of furan rings is 1. The number of hydrogen-bond donors (Lipinski definition) is 1. The smallest absolute Gasteiger partial charge is 0.289 e. The van der Waals surface area contributed by atoms with Crippen molar-refractivity contribution in [2.75, 3.05) is 13.6 Å². The van der Waals surface area contributed by atoms with Crippen molar-refractivity contribution < 1.29 is 9.21 Å². The molecule has 0 saturated carbocycles. The summed E-state index contributed by atoms with van der Waals surface area (Å²) in [5.74, 6) is 1.16. The minimum absolute atomic E-state index is 0.0827. The predicted molar refractivity (Wildman–Crippen MR) is 63.3 cm³/mol. The normalized spacial score (nSPS) is 12.5. The Bertz CT molecular complexity index is 347. The van der Waals surface area contributed by atoms with Gasteiger partial charge in [0.2, 0.25) is 0 Å². The third-order valence-electron chi connectivity index (χ3n) is 2.79. The lowest BCUT2D eigenvalue weighted by Gasteiger charge is -2.23. The van der Waals surface area contributed by atoms with Gasteiger partial charge in [-0.15, -0.1) is 0 Å². The molecule has 1 atom stereocenters. The van der Waals surface area contributed by atoms with E-state index in [9.17, 15) is 4.79 Å². The van der Waals surface area contributed by atoms with E-state index in [0.717, 1.165) is 18.6 Å². The van der Waals surface area contributed by atoms with E-state index in [2.05, 4.69) is 0 Å². The van der Waals surface area contributed by atoms with Gasteiger partial charge in [0, 0.05) is 19.5 Å². The predicted octanol–water partition coefficient (Wildman–Crippen LogP) is 1.65. The molecular weight excluding hydrogens is 204 g/mol. The fourth-order valence-electron chi connectivity index (χ4n) is 1.49. The van der Waals surface area contributed by atoms with Crippen LogP contribution in [-0.4, -0.2) is 30.4 Å². The van der Waals surface area contributed by atoms with Crippen LogP contribution < -0.4 is 5.73 Å². The van der Waals surface area contributed by atoms with Crippen molar-refractivity contribution >= 4 is 5.91 Å². The fourth-order valence-corrected chi connectivity index (χ4v) is 1.49. The molecule has 0 spiro atoms. The maximum absolute atomic E-state index is 12.0. The molecule has 0 aliphatic rings. The number of aryl methyl sites for hydroxylation is 1. The van der Waals surface area contributed by atoms with E-state index in [0.29, 0.717) is 12.3 Å². The van der Waals surface area contributed by atoms with E-state index in [-0.39, 0.29) is 11.9 Å². The number of hydrogen-bond acceptors (Lipinski definition) is 3. The second kappa shape index (κ2) is 5.70. The first-order chi connectivity index (χ1) is 7.60. The highest BCUT2D eigenvalue weighted by molar-refractivity contribution is 5.91. The third kappa shape index (κ3) is 2.85. The molecule has 1 aromatic rings. The summed E-state index contributed by atoms with van der Waals surface area (Å²) in [6, 6.07) is 3.70. The second-order valence-corrected chi connectivity index (χ2v) is 3.96. The first kappa shape index (κ1) is 12.8. The SMILES string of the molecule is CCc1ccc(C(=O)N(C)C(C)CCN)o1. The van der Waals surface area contributed by atoms with Crippen LogP contribution in [0.15, 0.2) is 16.5 Å². The quantitative estimate of drug-likeness (QED) is 0.827. The van der Waals surface area contributed by atoms with Crippen molar-refractivity contribution in [2.45, 2.75) is 32.7 Å². The number of nitrogens with two attached hydrogens (primary N) is 1. The standard InChI is InChI=1S/C12H20N2O2/c1-4-10-5-6-11(16-10)12(15)14(3)9(2)7-8-13/h5-6,9H,4,7-8,13H2,1-3H3. The molecule has 90 valence electrons. The number of rotatable bonds is 5. The van der Waals surface area contributed by atoms with Crippen molar-refractivity contribution in [2.24, 2.45) is 5.73 Å². The van der Waals surface area contributed by atoms with E-state index >= 15 is 0 Å². The summed E-state index contributed by atoms with van der Waals surface area (Å²) in [5, 5.41) is 0. The van der Waals surface area contributed by atoms with Gasteiger partial charge in [-0.2, -0.15) is 0 Å². The van der Waals surface area contributed by atoms with E-state index < -0.39 is 0 Å². The van der Waals surface area contributed by atoms with Gasteiger partial charge in [-0.1, -0.05) is 6.92 Å². The first-order valence-corrected chi connectivity index (χ1v) is 5.66. The first-order valence-electron chi connectivity index (χ1n) is 5.66. The number of carbonyl (C=O) groups is 1. The average Bonchev–Trinajstić information content (AvgIpc) is 2.75. The third-order valence-corrected chi connectivity index (χ3v) is 2.79. The van der Waals surface area contributed by atoms with Gasteiger partial charge in [0.15, 0.2) is 5.76 Å². The van der Waals surface area contributed by atoms with Crippen LogP contribution >= 0.6 is 0 Å². The molecule has 16 heavy (non-hydrogen) atoms. The van der Waals surface area contributed by atoms with Gasteiger partial charge < -0.3 is 15.1 Å².